The molecule has 0 spiro atoms. The molecule has 5 rings (SSSR count). The number of H-pyrrole nitrogens is 1. The molecule has 2 heterocycles. The Balaban J connectivity index is 1.28. The van der Waals surface area contributed by atoms with E-state index >= 15 is 0 Å². The first-order valence-electron chi connectivity index (χ1n) is 10.2. The fourth-order valence-corrected chi connectivity index (χ4v) is 4.38. The second-order valence-corrected chi connectivity index (χ2v) is 8.32. The van der Waals surface area contributed by atoms with Crippen LogP contribution >= 0.6 is 11.3 Å². The number of rotatable bonds is 7. The zero-order valence-corrected chi connectivity index (χ0v) is 17.7. The Labute approximate surface area is 184 Å². The van der Waals surface area contributed by atoms with Crippen LogP contribution in [0, 0.1) is 0 Å². The lowest BCUT2D eigenvalue weighted by Crippen LogP contribution is -2.03. The standard InChI is InChI=1S/C24H22N6S/c25-20-11-5-4-7-16(20)10-6-14-26-24-30-29-23(31-24)18-12-13-21-19(15-18)22(28-27-21)17-8-2-1-3-9-17/h1-5,7-9,11-13,15H,6,10,14,25H2,(H,26,30)(H,27,28). The highest BCUT2D eigenvalue weighted by molar-refractivity contribution is 7.18. The van der Waals surface area contributed by atoms with Crippen LogP contribution in [-0.4, -0.2) is 26.9 Å². The van der Waals surface area contributed by atoms with Crippen LogP contribution in [0.4, 0.5) is 10.8 Å². The van der Waals surface area contributed by atoms with Crippen molar-refractivity contribution in [3.63, 3.8) is 0 Å². The topological polar surface area (TPSA) is 92.5 Å². The summed E-state index contributed by atoms with van der Waals surface area (Å²) in [6.07, 6.45) is 1.91. The predicted octanol–water partition coefficient (Wildman–Crippen LogP) is 5.38. The van der Waals surface area contributed by atoms with E-state index < -0.39 is 0 Å². The molecule has 31 heavy (non-hydrogen) atoms. The minimum absolute atomic E-state index is 0.821. The van der Waals surface area contributed by atoms with E-state index in [0.29, 0.717) is 0 Å². The molecule has 5 aromatic rings. The largest absolute Gasteiger partial charge is 0.399 e. The van der Waals surface area contributed by atoms with Crippen molar-refractivity contribution in [1.29, 1.82) is 0 Å². The summed E-state index contributed by atoms with van der Waals surface area (Å²) in [5.41, 5.74) is 12.1. The number of para-hydroxylation sites is 1. The van der Waals surface area contributed by atoms with Crippen LogP contribution in [-0.2, 0) is 6.42 Å². The summed E-state index contributed by atoms with van der Waals surface area (Å²) in [4.78, 5) is 0. The summed E-state index contributed by atoms with van der Waals surface area (Å²) in [5, 5.41) is 22.5. The van der Waals surface area contributed by atoms with Crippen molar-refractivity contribution in [2.45, 2.75) is 12.8 Å². The Morgan fingerprint density at radius 1 is 0.903 bits per heavy atom. The molecule has 4 N–H and O–H groups in total. The molecule has 0 aliphatic carbocycles. The summed E-state index contributed by atoms with van der Waals surface area (Å²) in [6.45, 7) is 0.821. The zero-order valence-electron chi connectivity index (χ0n) is 16.9. The van der Waals surface area contributed by atoms with E-state index in [0.717, 1.165) is 62.9 Å². The van der Waals surface area contributed by atoms with Crippen molar-refractivity contribution in [3.05, 3.63) is 78.4 Å². The number of aryl methyl sites for hydroxylation is 1. The van der Waals surface area contributed by atoms with Crippen LogP contribution in [0.5, 0.6) is 0 Å². The Morgan fingerprint density at radius 3 is 2.61 bits per heavy atom. The van der Waals surface area contributed by atoms with E-state index in [1.54, 1.807) is 11.3 Å². The van der Waals surface area contributed by atoms with Gasteiger partial charge < -0.3 is 11.1 Å². The lowest BCUT2D eigenvalue weighted by molar-refractivity contribution is 0.860. The van der Waals surface area contributed by atoms with Gasteiger partial charge in [-0.2, -0.15) is 5.10 Å². The van der Waals surface area contributed by atoms with Gasteiger partial charge in [-0.05, 0) is 42.7 Å². The summed E-state index contributed by atoms with van der Waals surface area (Å²) in [5.74, 6) is 0. The normalized spacial score (nSPS) is 11.1. The van der Waals surface area contributed by atoms with Crippen molar-refractivity contribution in [3.8, 4) is 21.8 Å². The van der Waals surface area contributed by atoms with Gasteiger partial charge in [0.25, 0.3) is 0 Å². The van der Waals surface area contributed by atoms with Gasteiger partial charge in [-0.25, -0.2) is 0 Å². The highest BCUT2D eigenvalue weighted by Crippen LogP contribution is 2.32. The number of benzene rings is 3. The van der Waals surface area contributed by atoms with E-state index in [2.05, 4.69) is 56.0 Å². The van der Waals surface area contributed by atoms with Gasteiger partial charge in [0.15, 0.2) is 0 Å². The van der Waals surface area contributed by atoms with Gasteiger partial charge in [0.1, 0.15) is 5.01 Å². The molecule has 0 aliphatic heterocycles. The van der Waals surface area contributed by atoms with Gasteiger partial charge in [0.05, 0.1) is 11.2 Å². The number of nitrogens with one attached hydrogen (secondary N) is 2. The highest BCUT2D eigenvalue weighted by atomic mass is 32.1. The molecule has 6 nitrogen and oxygen atoms in total. The van der Waals surface area contributed by atoms with Crippen LogP contribution in [0.1, 0.15) is 12.0 Å². The van der Waals surface area contributed by atoms with Crippen molar-refractivity contribution in [2.75, 3.05) is 17.6 Å². The minimum atomic E-state index is 0.821. The van der Waals surface area contributed by atoms with Crippen LogP contribution in [0.3, 0.4) is 0 Å². The maximum atomic E-state index is 6.01. The summed E-state index contributed by atoms with van der Waals surface area (Å²) in [6, 6.07) is 24.4. The van der Waals surface area contributed by atoms with E-state index in [4.69, 9.17) is 5.73 Å². The van der Waals surface area contributed by atoms with E-state index in [-0.39, 0.29) is 0 Å². The monoisotopic (exact) mass is 426 g/mol. The molecule has 0 amide bonds. The molecule has 0 bridgehead atoms. The SMILES string of the molecule is Nc1ccccc1CCCNc1nnc(-c2ccc3[nH]nc(-c4ccccc4)c3c2)s1. The van der Waals surface area contributed by atoms with Gasteiger partial charge in [0, 0.05) is 28.7 Å². The van der Waals surface area contributed by atoms with Gasteiger partial charge in [0.2, 0.25) is 5.13 Å². The fourth-order valence-electron chi connectivity index (χ4n) is 3.61. The lowest BCUT2D eigenvalue weighted by atomic mass is 10.1. The Morgan fingerprint density at radius 2 is 1.74 bits per heavy atom. The molecule has 0 atom stereocenters. The van der Waals surface area contributed by atoms with E-state index in [9.17, 15) is 0 Å². The molecule has 0 radical (unpaired) electrons. The quantitative estimate of drug-likeness (QED) is 0.240. The highest BCUT2D eigenvalue weighted by Gasteiger charge is 2.12. The molecule has 2 aromatic heterocycles. The van der Waals surface area contributed by atoms with Gasteiger partial charge in [-0.15, -0.1) is 10.2 Å². The molecular formula is C24H22N6S. The van der Waals surface area contributed by atoms with Crippen LogP contribution < -0.4 is 11.1 Å². The van der Waals surface area contributed by atoms with E-state index in [1.165, 1.54) is 5.56 Å². The Hall–Kier alpha value is -3.71. The van der Waals surface area contributed by atoms with Crippen molar-refractivity contribution in [1.82, 2.24) is 20.4 Å². The number of anilines is 2. The van der Waals surface area contributed by atoms with Gasteiger partial charge >= 0.3 is 0 Å². The van der Waals surface area contributed by atoms with Crippen molar-refractivity contribution in [2.24, 2.45) is 0 Å². The van der Waals surface area contributed by atoms with Crippen LogP contribution in [0.2, 0.25) is 0 Å². The van der Waals surface area contributed by atoms with Gasteiger partial charge in [-0.3, -0.25) is 5.10 Å². The smallest absolute Gasteiger partial charge is 0.206 e. The molecule has 154 valence electrons. The molecular weight excluding hydrogens is 404 g/mol. The summed E-state index contributed by atoms with van der Waals surface area (Å²) in [7, 11) is 0. The molecule has 0 saturated heterocycles. The molecule has 7 heteroatoms. The number of fused-ring (bicyclic) bond motifs is 1. The first kappa shape index (κ1) is 19.3. The third-order valence-corrected chi connectivity index (χ3v) is 6.17. The Kier molecular flexibility index (Phi) is 5.33. The minimum Gasteiger partial charge on any atom is -0.399 e. The van der Waals surface area contributed by atoms with Crippen molar-refractivity contribution >= 4 is 33.1 Å². The number of nitrogens with zero attached hydrogens (tertiary/aromatic N) is 3. The second-order valence-electron chi connectivity index (χ2n) is 7.34. The van der Waals surface area contributed by atoms with Crippen LogP contribution in [0.25, 0.3) is 32.7 Å². The third-order valence-electron chi connectivity index (χ3n) is 5.24. The maximum Gasteiger partial charge on any atom is 0.206 e. The number of hydrogen-bond donors (Lipinski definition) is 3. The fraction of sp³-hybridized carbons (Fsp3) is 0.125. The first-order chi connectivity index (χ1) is 15.3. The number of aromatic amines is 1. The zero-order chi connectivity index (χ0) is 21.0. The average Bonchev–Trinajstić information content (AvgIpc) is 3.45. The van der Waals surface area contributed by atoms with Gasteiger partial charge in [-0.1, -0.05) is 59.9 Å². The lowest BCUT2D eigenvalue weighted by Gasteiger charge is -2.05. The maximum absolute atomic E-state index is 6.01. The van der Waals surface area contributed by atoms with E-state index in [1.807, 2.05) is 42.5 Å². The van der Waals surface area contributed by atoms with Crippen molar-refractivity contribution < 1.29 is 0 Å². The molecule has 0 fully saturated rings. The Bertz CT molecular complexity index is 1310. The third kappa shape index (κ3) is 4.13. The number of aromatic nitrogens is 4. The number of nitrogen functional groups attached to an aromatic ring is 1. The number of nitrogens with two attached hydrogens (primary N) is 1. The first-order valence-corrected chi connectivity index (χ1v) is 11.0. The number of hydrogen-bond acceptors (Lipinski definition) is 6. The average molecular weight is 427 g/mol. The summed E-state index contributed by atoms with van der Waals surface area (Å²) >= 11 is 1.56. The molecule has 0 aliphatic rings. The summed E-state index contributed by atoms with van der Waals surface area (Å²) < 4.78 is 0. The van der Waals surface area contributed by atoms with Crippen LogP contribution in [0.15, 0.2) is 72.8 Å². The molecule has 0 saturated carbocycles. The predicted molar refractivity (Wildman–Crippen MR) is 128 cm³/mol. The molecule has 0 unspecified atom stereocenters. The second kappa shape index (κ2) is 8.57. The molecule has 3 aromatic carbocycles.